The Labute approximate surface area is 86.5 Å². The largest absolute Gasteiger partial charge is 0.277 e. The summed E-state index contributed by atoms with van der Waals surface area (Å²) in [6.07, 6.45) is 0.427. The van der Waals surface area contributed by atoms with Crippen LogP contribution in [0.2, 0.25) is 0 Å². The van der Waals surface area contributed by atoms with E-state index in [4.69, 9.17) is 0 Å². The SMILES string of the molecule is CC(=O)N(C(=O)CC(C)C)C(C)(C)C. The van der Waals surface area contributed by atoms with Crippen molar-refractivity contribution in [2.75, 3.05) is 0 Å². The molecular weight excluding hydrogens is 178 g/mol. The fourth-order valence-electron chi connectivity index (χ4n) is 1.46. The van der Waals surface area contributed by atoms with Crippen molar-refractivity contribution in [2.24, 2.45) is 5.92 Å². The molecule has 0 unspecified atom stereocenters. The van der Waals surface area contributed by atoms with Gasteiger partial charge in [-0.25, -0.2) is 0 Å². The van der Waals surface area contributed by atoms with Gasteiger partial charge in [-0.1, -0.05) is 13.8 Å². The Hall–Kier alpha value is -0.860. The molecule has 0 radical (unpaired) electrons. The predicted octanol–water partition coefficient (Wildman–Crippen LogP) is 2.21. The molecule has 0 fully saturated rings. The van der Waals surface area contributed by atoms with Crippen LogP contribution in [0.5, 0.6) is 0 Å². The molecule has 0 aromatic carbocycles. The smallest absolute Gasteiger partial charge is 0.229 e. The minimum atomic E-state index is -0.419. The van der Waals surface area contributed by atoms with Gasteiger partial charge in [-0.05, 0) is 26.7 Å². The van der Waals surface area contributed by atoms with E-state index in [-0.39, 0.29) is 17.7 Å². The Morgan fingerprint density at radius 2 is 1.64 bits per heavy atom. The first-order valence-electron chi connectivity index (χ1n) is 5.00. The van der Waals surface area contributed by atoms with Crippen molar-refractivity contribution in [2.45, 2.75) is 53.5 Å². The van der Waals surface area contributed by atoms with Crippen LogP contribution in [0.4, 0.5) is 0 Å². The Morgan fingerprint density at radius 1 is 1.21 bits per heavy atom. The molecule has 82 valence electrons. The highest BCUT2D eigenvalue weighted by molar-refractivity contribution is 5.95. The molecule has 0 rings (SSSR count). The third-order valence-electron chi connectivity index (χ3n) is 1.82. The Balaban J connectivity index is 4.68. The van der Waals surface area contributed by atoms with E-state index < -0.39 is 5.54 Å². The summed E-state index contributed by atoms with van der Waals surface area (Å²) in [5, 5.41) is 0. The number of hydrogen-bond acceptors (Lipinski definition) is 2. The van der Waals surface area contributed by atoms with E-state index in [1.165, 1.54) is 11.8 Å². The lowest BCUT2D eigenvalue weighted by molar-refractivity contribution is -0.149. The zero-order valence-electron chi connectivity index (χ0n) is 10.0. The van der Waals surface area contributed by atoms with Crippen LogP contribution < -0.4 is 0 Å². The maximum atomic E-state index is 11.7. The second-order valence-electron chi connectivity index (χ2n) is 5.02. The predicted molar refractivity (Wildman–Crippen MR) is 56.7 cm³/mol. The van der Waals surface area contributed by atoms with Gasteiger partial charge in [0.25, 0.3) is 0 Å². The minimum Gasteiger partial charge on any atom is -0.277 e. The van der Waals surface area contributed by atoms with Crippen LogP contribution >= 0.6 is 0 Å². The molecule has 0 saturated heterocycles. The Morgan fingerprint density at radius 3 is 1.86 bits per heavy atom. The van der Waals surface area contributed by atoms with Gasteiger partial charge in [0, 0.05) is 18.9 Å². The van der Waals surface area contributed by atoms with E-state index in [0.29, 0.717) is 6.42 Å². The number of rotatable bonds is 2. The van der Waals surface area contributed by atoms with Crippen molar-refractivity contribution in [3.8, 4) is 0 Å². The summed E-state index contributed by atoms with van der Waals surface area (Å²) in [7, 11) is 0. The quantitative estimate of drug-likeness (QED) is 0.683. The second-order valence-corrected chi connectivity index (χ2v) is 5.02. The molecule has 2 amide bonds. The lowest BCUT2D eigenvalue weighted by Crippen LogP contribution is -2.48. The van der Waals surface area contributed by atoms with Crippen LogP contribution in [-0.2, 0) is 9.59 Å². The average Bonchev–Trinajstić information content (AvgIpc) is 1.78. The summed E-state index contributed by atoms with van der Waals surface area (Å²) >= 11 is 0. The van der Waals surface area contributed by atoms with E-state index in [0.717, 1.165) is 0 Å². The van der Waals surface area contributed by atoms with Gasteiger partial charge in [0.2, 0.25) is 11.8 Å². The summed E-state index contributed by atoms with van der Waals surface area (Å²) in [5.74, 6) is 0.0230. The highest BCUT2D eigenvalue weighted by Gasteiger charge is 2.29. The molecule has 0 spiro atoms. The first-order chi connectivity index (χ1) is 6.16. The minimum absolute atomic E-state index is 0.0833. The molecule has 3 heteroatoms. The number of carbonyl (C=O) groups excluding carboxylic acids is 2. The number of nitrogens with zero attached hydrogens (tertiary/aromatic N) is 1. The topological polar surface area (TPSA) is 37.4 Å². The lowest BCUT2D eigenvalue weighted by Gasteiger charge is -2.33. The molecule has 14 heavy (non-hydrogen) atoms. The number of carbonyl (C=O) groups is 2. The molecule has 0 aliphatic rings. The fraction of sp³-hybridized carbons (Fsp3) is 0.818. The first-order valence-corrected chi connectivity index (χ1v) is 5.00. The number of amides is 2. The highest BCUT2D eigenvalue weighted by Crippen LogP contribution is 2.16. The highest BCUT2D eigenvalue weighted by atomic mass is 16.2. The van der Waals surface area contributed by atoms with Crippen LogP contribution in [0.15, 0.2) is 0 Å². The zero-order chi connectivity index (χ0) is 11.5. The number of hydrogen-bond donors (Lipinski definition) is 0. The molecule has 0 atom stereocenters. The molecule has 0 aliphatic carbocycles. The third kappa shape index (κ3) is 3.90. The molecule has 0 bridgehead atoms. The number of imide groups is 1. The van der Waals surface area contributed by atoms with E-state index >= 15 is 0 Å². The van der Waals surface area contributed by atoms with Gasteiger partial charge in [0.05, 0.1) is 0 Å². The monoisotopic (exact) mass is 199 g/mol. The lowest BCUT2D eigenvalue weighted by atomic mass is 10.0. The van der Waals surface area contributed by atoms with Crippen LogP contribution in [0.1, 0.15) is 48.0 Å². The molecule has 0 heterocycles. The van der Waals surface area contributed by atoms with Gasteiger partial charge in [-0.3, -0.25) is 14.5 Å². The maximum absolute atomic E-state index is 11.7. The van der Waals surface area contributed by atoms with Gasteiger partial charge in [0.1, 0.15) is 0 Å². The summed E-state index contributed by atoms with van der Waals surface area (Å²) < 4.78 is 0. The summed E-state index contributed by atoms with van der Waals surface area (Å²) in [6, 6.07) is 0. The van der Waals surface area contributed by atoms with Gasteiger partial charge < -0.3 is 0 Å². The van der Waals surface area contributed by atoms with Crippen molar-refractivity contribution >= 4 is 11.8 Å². The van der Waals surface area contributed by atoms with Crippen LogP contribution in [0.25, 0.3) is 0 Å². The van der Waals surface area contributed by atoms with Crippen molar-refractivity contribution in [1.82, 2.24) is 4.90 Å². The maximum Gasteiger partial charge on any atom is 0.229 e. The Kier molecular flexibility index (Phi) is 4.30. The Bertz CT molecular complexity index is 226. The van der Waals surface area contributed by atoms with Gasteiger partial charge >= 0.3 is 0 Å². The molecule has 0 aromatic rings. The van der Waals surface area contributed by atoms with Gasteiger partial charge in [0.15, 0.2) is 0 Å². The molecular formula is C11H21NO2. The van der Waals surface area contributed by atoms with Gasteiger partial charge in [-0.2, -0.15) is 0 Å². The standard InChI is InChI=1S/C11H21NO2/c1-8(2)7-10(14)12(9(3)13)11(4,5)6/h8H,7H2,1-6H3. The molecule has 0 aliphatic heterocycles. The van der Waals surface area contributed by atoms with E-state index in [1.54, 1.807) is 0 Å². The summed E-state index contributed by atoms with van der Waals surface area (Å²) in [5.41, 5.74) is -0.419. The zero-order valence-corrected chi connectivity index (χ0v) is 10.0. The first kappa shape index (κ1) is 13.1. The van der Waals surface area contributed by atoms with E-state index in [2.05, 4.69) is 0 Å². The van der Waals surface area contributed by atoms with Crippen molar-refractivity contribution < 1.29 is 9.59 Å². The normalized spacial score (nSPS) is 11.6. The fourth-order valence-corrected chi connectivity index (χ4v) is 1.46. The summed E-state index contributed by atoms with van der Waals surface area (Å²) in [6.45, 7) is 11.0. The average molecular weight is 199 g/mol. The molecule has 0 N–H and O–H groups in total. The summed E-state index contributed by atoms with van der Waals surface area (Å²) in [4.78, 5) is 24.4. The second kappa shape index (κ2) is 4.58. The van der Waals surface area contributed by atoms with E-state index in [1.807, 2.05) is 34.6 Å². The van der Waals surface area contributed by atoms with Gasteiger partial charge in [-0.15, -0.1) is 0 Å². The molecule has 0 saturated carbocycles. The van der Waals surface area contributed by atoms with Crippen molar-refractivity contribution in [1.29, 1.82) is 0 Å². The van der Waals surface area contributed by atoms with Crippen molar-refractivity contribution in [3.05, 3.63) is 0 Å². The van der Waals surface area contributed by atoms with Crippen LogP contribution in [-0.4, -0.2) is 22.3 Å². The molecule has 3 nitrogen and oxygen atoms in total. The van der Waals surface area contributed by atoms with Crippen LogP contribution in [0, 0.1) is 5.92 Å². The van der Waals surface area contributed by atoms with Crippen molar-refractivity contribution in [3.63, 3.8) is 0 Å². The molecule has 0 aromatic heterocycles. The van der Waals surface area contributed by atoms with Crippen LogP contribution in [0.3, 0.4) is 0 Å². The third-order valence-corrected chi connectivity index (χ3v) is 1.82. The van der Waals surface area contributed by atoms with E-state index in [9.17, 15) is 9.59 Å².